The predicted molar refractivity (Wildman–Crippen MR) is 68.4 cm³/mol. The van der Waals surface area contributed by atoms with Crippen LogP contribution in [0.2, 0.25) is 19.1 Å². The van der Waals surface area contributed by atoms with Crippen LogP contribution < -0.4 is 0 Å². The molecule has 0 saturated carbocycles. The molecule has 0 nitrogen and oxygen atoms in total. The van der Waals surface area contributed by atoms with Gasteiger partial charge in [0.05, 0.1) is 0 Å². The van der Waals surface area contributed by atoms with Crippen molar-refractivity contribution in [1.29, 1.82) is 0 Å². The molecule has 0 aromatic rings. The summed E-state index contributed by atoms with van der Waals surface area (Å²) in [5.74, 6) is 0.719. The van der Waals surface area contributed by atoms with Crippen LogP contribution in [0.5, 0.6) is 0 Å². The summed E-state index contributed by atoms with van der Waals surface area (Å²) in [4.78, 5) is 0. The first kappa shape index (κ1) is 12.1. The molecular weight excluding hydrogens is 208 g/mol. The molecule has 0 bridgehead atoms. The zero-order valence-electron chi connectivity index (χ0n) is 9.30. The predicted octanol–water partition coefficient (Wildman–Crippen LogP) is 4.73. The maximum Gasteiger partial charge on any atom is 0.150 e. The Balaban J connectivity index is 1.94. The van der Waals surface area contributed by atoms with E-state index in [9.17, 15) is 0 Å². The molecule has 14 heavy (non-hydrogen) atoms. The molecule has 2 heteroatoms. The van der Waals surface area contributed by atoms with Crippen LogP contribution in [0.1, 0.15) is 25.7 Å². The Morgan fingerprint density at radius 1 is 1.07 bits per heavy atom. The number of allylic oxidation sites excluding steroid dienone is 4. The van der Waals surface area contributed by atoms with Crippen molar-refractivity contribution in [1.82, 2.24) is 0 Å². The van der Waals surface area contributed by atoms with Gasteiger partial charge in [0.25, 0.3) is 0 Å². The highest BCUT2D eigenvalue weighted by atomic mass is 35.6. The molecule has 0 amide bonds. The zero-order valence-corrected chi connectivity index (χ0v) is 11.1. The quantitative estimate of drug-likeness (QED) is 0.350. The Labute approximate surface area is 93.8 Å². The van der Waals surface area contributed by atoms with Crippen LogP contribution in [0.25, 0.3) is 0 Å². The maximum atomic E-state index is 6.26. The lowest BCUT2D eigenvalue weighted by atomic mass is 10.0. The second-order valence-electron chi connectivity index (χ2n) is 4.75. The molecule has 1 aliphatic carbocycles. The van der Waals surface area contributed by atoms with Gasteiger partial charge in [-0.2, -0.15) is 11.1 Å². The molecule has 0 aromatic heterocycles. The highest BCUT2D eigenvalue weighted by molar-refractivity contribution is 7.19. The monoisotopic (exact) mass is 228 g/mol. The molecule has 0 heterocycles. The lowest BCUT2D eigenvalue weighted by Gasteiger charge is -2.12. The fourth-order valence-corrected chi connectivity index (χ4v) is 3.26. The van der Waals surface area contributed by atoms with Gasteiger partial charge < -0.3 is 0 Å². The van der Waals surface area contributed by atoms with E-state index >= 15 is 0 Å². The molecule has 0 aromatic carbocycles. The van der Waals surface area contributed by atoms with Crippen molar-refractivity contribution in [2.75, 3.05) is 0 Å². The van der Waals surface area contributed by atoms with Crippen molar-refractivity contribution < 1.29 is 0 Å². The van der Waals surface area contributed by atoms with Crippen LogP contribution >= 0.6 is 11.1 Å². The van der Waals surface area contributed by atoms with Crippen molar-refractivity contribution in [2.24, 2.45) is 5.92 Å². The summed E-state index contributed by atoms with van der Waals surface area (Å²) in [6.45, 7) is 4.47. The number of hydrogen-bond acceptors (Lipinski definition) is 0. The van der Waals surface area contributed by atoms with Gasteiger partial charge in [-0.15, -0.1) is 0 Å². The first-order valence-corrected chi connectivity index (χ1v) is 9.84. The Kier molecular flexibility index (Phi) is 4.97. The Morgan fingerprint density at radius 3 is 2.29 bits per heavy atom. The van der Waals surface area contributed by atoms with Gasteiger partial charge in [-0.1, -0.05) is 56.7 Å². The minimum absolute atomic E-state index is 0.719. The topological polar surface area (TPSA) is 0 Å². The fourth-order valence-electron chi connectivity index (χ4n) is 1.77. The Bertz CT molecular complexity index is 201. The molecule has 80 valence electrons. The van der Waals surface area contributed by atoms with Gasteiger partial charge in [0.1, 0.15) is 7.38 Å². The van der Waals surface area contributed by atoms with Gasteiger partial charge in [0.15, 0.2) is 0 Å². The number of rotatable bonds is 6. The molecule has 0 unspecified atom stereocenters. The molecule has 1 rings (SSSR count). The van der Waals surface area contributed by atoms with Gasteiger partial charge in [-0.3, -0.25) is 0 Å². The first-order valence-electron chi connectivity index (χ1n) is 5.62. The van der Waals surface area contributed by atoms with Gasteiger partial charge in [0, 0.05) is 0 Å². The molecule has 0 N–H and O–H groups in total. The van der Waals surface area contributed by atoms with Crippen LogP contribution in [0, 0.1) is 5.92 Å². The minimum Gasteiger partial charge on any atom is -0.168 e. The van der Waals surface area contributed by atoms with Crippen molar-refractivity contribution in [2.45, 2.75) is 44.8 Å². The number of halogens is 1. The summed E-state index contributed by atoms with van der Waals surface area (Å²) in [7, 11) is -1.29. The number of unbranched alkanes of at least 4 members (excludes halogenated alkanes) is 2. The first-order chi connectivity index (χ1) is 6.58. The van der Waals surface area contributed by atoms with Gasteiger partial charge in [-0.05, 0) is 18.4 Å². The smallest absolute Gasteiger partial charge is 0.150 e. The van der Waals surface area contributed by atoms with E-state index in [1.807, 2.05) is 0 Å². The molecule has 0 aliphatic heterocycles. The molecule has 0 spiro atoms. The molecule has 0 saturated heterocycles. The summed E-state index contributed by atoms with van der Waals surface area (Å²) in [6.07, 6.45) is 14.2. The average molecular weight is 229 g/mol. The van der Waals surface area contributed by atoms with Crippen LogP contribution in [0.4, 0.5) is 0 Å². The standard InChI is InChI=1S/C12H21ClSi/c1-14(2,13)11-7-3-4-8-12-9-5-6-10-12/h5-6,9-10,12H,3-4,7-8,11H2,1-2H3. The van der Waals surface area contributed by atoms with Gasteiger partial charge >= 0.3 is 0 Å². The average Bonchev–Trinajstić information content (AvgIpc) is 2.54. The Morgan fingerprint density at radius 2 is 1.71 bits per heavy atom. The highest BCUT2D eigenvalue weighted by Crippen LogP contribution is 2.21. The van der Waals surface area contributed by atoms with Crippen LogP contribution in [0.3, 0.4) is 0 Å². The maximum absolute atomic E-state index is 6.26. The Hall–Kier alpha value is -0.0131. The van der Waals surface area contributed by atoms with Crippen molar-refractivity contribution in [3.05, 3.63) is 24.3 Å². The van der Waals surface area contributed by atoms with E-state index in [4.69, 9.17) is 11.1 Å². The summed E-state index contributed by atoms with van der Waals surface area (Å²) in [5, 5.41) is 0. The third-order valence-corrected chi connectivity index (χ3v) is 4.75. The third kappa shape index (κ3) is 5.66. The zero-order chi connectivity index (χ0) is 10.4. The van der Waals surface area contributed by atoms with Crippen molar-refractivity contribution in [3.63, 3.8) is 0 Å². The van der Waals surface area contributed by atoms with E-state index in [-0.39, 0.29) is 0 Å². The van der Waals surface area contributed by atoms with Gasteiger partial charge in [0.2, 0.25) is 0 Å². The lowest BCUT2D eigenvalue weighted by Crippen LogP contribution is -2.14. The lowest BCUT2D eigenvalue weighted by molar-refractivity contribution is 0.613. The molecule has 0 atom stereocenters. The summed E-state index contributed by atoms with van der Waals surface area (Å²) < 4.78 is 0. The summed E-state index contributed by atoms with van der Waals surface area (Å²) in [6, 6.07) is 1.27. The third-order valence-electron chi connectivity index (χ3n) is 2.64. The van der Waals surface area contributed by atoms with Crippen molar-refractivity contribution in [3.8, 4) is 0 Å². The van der Waals surface area contributed by atoms with Crippen LogP contribution in [0.15, 0.2) is 24.3 Å². The largest absolute Gasteiger partial charge is 0.168 e. The second kappa shape index (κ2) is 5.77. The summed E-state index contributed by atoms with van der Waals surface area (Å²) in [5.41, 5.74) is 0. The molecule has 0 fully saturated rings. The van der Waals surface area contributed by atoms with E-state index in [0.717, 1.165) is 5.92 Å². The molecular formula is C12H21ClSi. The van der Waals surface area contributed by atoms with Crippen LogP contribution in [-0.2, 0) is 0 Å². The van der Waals surface area contributed by atoms with Crippen molar-refractivity contribution >= 4 is 18.5 Å². The SMILES string of the molecule is C[Si](C)(Cl)CCCCCC1C=CC=C1. The second-order valence-corrected chi connectivity index (χ2v) is 11.8. The van der Waals surface area contributed by atoms with E-state index in [1.165, 1.54) is 31.7 Å². The molecule has 0 radical (unpaired) electrons. The number of hydrogen-bond donors (Lipinski definition) is 0. The fraction of sp³-hybridized carbons (Fsp3) is 0.667. The molecule has 1 aliphatic rings. The normalized spacial score (nSPS) is 16.8. The van der Waals surface area contributed by atoms with E-state index in [0.29, 0.717) is 0 Å². The minimum atomic E-state index is -1.29. The summed E-state index contributed by atoms with van der Waals surface area (Å²) >= 11 is 6.26. The van der Waals surface area contributed by atoms with Gasteiger partial charge in [-0.25, -0.2) is 0 Å². The van der Waals surface area contributed by atoms with Crippen LogP contribution in [-0.4, -0.2) is 7.38 Å². The van der Waals surface area contributed by atoms with E-state index in [1.54, 1.807) is 0 Å². The van der Waals surface area contributed by atoms with E-state index < -0.39 is 7.38 Å². The highest BCUT2D eigenvalue weighted by Gasteiger charge is 2.15. The van der Waals surface area contributed by atoms with E-state index in [2.05, 4.69) is 37.4 Å².